The Hall–Kier alpha value is -2.40. The maximum Gasteiger partial charge on any atom is 0.305 e. The highest BCUT2D eigenvalue weighted by Gasteiger charge is 2.18. The molecule has 0 radical (unpaired) electrons. The highest BCUT2D eigenvalue weighted by Crippen LogP contribution is 2.17. The second kappa shape index (κ2) is 6.85. The number of carbonyl (C=O) groups excluding carboxylic acids is 1. The molecule has 21 heavy (non-hydrogen) atoms. The summed E-state index contributed by atoms with van der Waals surface area (Å²) >= 11 is 5.67. The van der Waals surface area contributed by atoms with E-state index in [0.29, 0.717) is 5.56 Å². The van der Waals surface area contributed by atoms with Gasteiger partial charge in [0.05, 0.1) is 18.0 Å². The maximum atomic E-state index is 12.1. The number of amides is 1. The van der Waals surface area contributed by atoms with Crippen molar-refractivity contribution in [1.82, 2.24) is 10.3 Å². The van der Waals surface area contributed by atoms with Crippen molar-refractivity contribution in [3.05, 3.63) is 64.9 Å². The van der Waals surface area contributed by atoms with Crippen LogP contribution in [0.15, 0.2) is 48.7 Å². The van der Waals surface area contributed by atoms with Crippen LogP contribution in [0.4, 0.5) is 0 Å². The van der Waals surface area contributed by atoms with Crippen molar-refractivity contribution in [3.8, 4) is 0 Å². The quantitative estimate of drug-likeness (QED) is 0.832. The molecule has 0 aliphatic carbocycles. The van der Waals surface area contributed by atoms with Crippen LogP contribution < -0.4 is 5.32 Å². The molecule has 2 rings (SSSR count). The molecule has 1 aromatic carbocycles. The van der Waals surface area contributed by atoms with E-state index in [1.54, 1.807) is 24.3 Å². The van der Waals surface area contributed by atoms with Crippen molar-refractivity contribution >= 4 is 23.5 Å². The molecule has 1 heterocycles. The summed E-state index contributed by atoms with van der Waals surface area (Å²) in [5, 5.41) is 12.0. The summed E-state index contributed by atoms with van der Waals surface area (Å²) < 4.78 is 0. The van der Waals surface area contributed by atoms with Crippen LogP contribution in [0.2, 0.25) is 5.15 Å². The Kier molecular flexibility index (Phi) is 4.90. The zero-order chi connectivity index (χ0) is 15.2. The first-order valence-corrected chi connectivity index (χ1v) is 6.63. The van der Waals surface area contributed by atoms with Gasteiger partial charge in [0.2, 0.25) is 0 Å². The smallest absolute Gasteiger partial charge is 0.305 e. The van der Waals surface area contributed by atoms with Crippen LogP contribution in [-0.2, 0) is 4.79 Å². The highest BCUT2D eigenvalue weighted by atomic mass is 35.5. The minimum absolute atomic E-state index is 0.198. The van der Waals surface area contributed by atoms with Gasteiger partial charge in [-0.05, 0) is 17.7 Å². The third-order valence-corrected chi connectivity index (χ3v) is 3.10. The fraction of sp³-hybridized carbons (Fsp3) is 0.133. The number of hydrogen-bond acceptors (Lipinski definition) is 3. The summed E-state index contributed by atoms with van der Waals surface area (Å²) in [6.07, 6.45) is 1.15. The van der Waals surface area contributed by atoms with E-state index < -0.39 is 17.9 Å². The van der Waals surface area contributed by atoms with Gasteiger partial charge in [0, 0.05) is 6.20 Å². The van der Waals surface area contributed by atoms with E-state index in [1.807, 2.05) is 6.07 Å². The first kappa shape index (κ1) is 15.0. The molecule has 0 fully saturated rings. The van der Waals surface area contributed by atoms with E-state index in [9.17, 15) is 9.59 Å². The number of nitrogens with one attached hydrogen (secondary N) is 1. The van der Waals surface area contributed by atoms with Crippen LogP contribution in [0.3, 0.4) is 0 Å². The summed E-state index contributed by atoms with van der Waals surface area (Å²) in [5.74, 6) is -1.38. The molecule has 0 aliphatic rings. The lowest BCUT2D eigenvalue weighted by molar-refractivity contribution is -0.137. The number of aromatic nitrogens is 1. The maximum absolute atomic E-state index is 12.1. The molecule has 1 amide bonds. The van der Waals surface area contributed by atoms with Crippen LogP contribution in [-0.4, -0.2) is 22.0 Å². The van der Waals surface area contributed by atoms with Crippen molar-refractivity contribution < 1.29 is 14.7 Å². The van der Waals surface area contributed by atoms with Gasteiger partial charge in [-0.1, -0.05) is 41.9 Å². The zero-order valence-corrected chi connectivity index (χ0v) is 11.7. The molecule has 0 saturated heterocycles. The predicted molar refractivity (Wildman–Crippen MR) is 78.1 cm³/mol. The van der Waals surface area contributed by atoms with Crippen molar-refractivity contribution in [2.45, 2.75) is 12.5 Å². The Morgan fingerprint density at radius 1 is 1.19 bits per heavy atom. The number of nitrogens with zero attached hydrogens (tertiary/aromatic N) is 1. The number of halogens is 1. The molecule has 108 valence electrons. The van der Waals surface area contributed by atoms with Gasteiger partial charge in [0.15, 0.2) is 0 Å². The van der Waals surface area contributed by atoms with Gasteiger partial charge in [-0.3, -0.25) is 9.59 Å². The number of carboxylic acids is 1. The van der Waals surface area contributed by atoms with Crippen LogP contribution in [0.25, 0.3) is 0 Å². The Morgan fingerprint density at radius 2 is 1.90 bits per heavy atom. The van der Waals surface area contributed by atoms with Gasteiger partial charge in [0.25, 0.3) is 5.91 Å². The SMILES string of the molecule is O=C(O)CC(NC(=O)c1ccc(Cl)nc1)c1ccccc1. The monoisotopic (exact) mass is 304 g/mol. The zero-order valence-electron chi connectivity index (χ0n) is 11.0. The van der Waals surface area contributed by atoms with Crippen LogP contribution in [0.5, 0.6) is 0 Å². The van der Waals surface area contributed by atoms with Gasteiger partial charge < -0.3 is 10.4 Å². The van der Waals surface area contributed by atoms with E-state index in [4.69, 9.17) is 16.7 Å². The Balaban J connectivity index is 2.17. The van der Waals surface area contributed by atoms with Crippen molar-refractivity contribution in [2.24, 2.45) is 0 Å². The van der Waals surface area contributed by atoms with E-state index in [-0.39, 0.29) is 11.6 Å². The van der Waals surface area contributed by atoms with E-state index in [2.05, 4.69) is 10.3 Å². The average Bonchev–Trinajstić information content (AvgIpc) is 2.47. The molecular weight excluding hydrogens is 292 g/mol. The molecule has 0 aliphatic heterocycles. The first-order chi connectivity index (χ1) is 10.1. The molecule has 0 spiro atoms. The summed E-state index contributed by atoms with van der Waals surface area (Å²) in [6, 6.07) is 11.4. The molecule has 2 N–H and O–H groups in total. The lowest BCUT2D eigenvalue weighted by Gasteiger charge is -2.17. The van der Waals surface area contributed by atoms with Crippen LogP contribution in [0.1, 0.15) is 28.4 Å². The van der Waals surface area contributed by atoms with Crippen molar-refractivity contribution in [3.63, 3.8) is 0 Å². The summed E-state index contributed by atoms with van der Waals surface area (Å²) in [6.45, 7) is 0. The molecule has 5 nitrogen and oxygen atoms in total. The highest BCUT2D eigenvalue weighted by molar-refractivity contribution is 6.29. The average molecular weight is 305 g/mol. The van der Waals surface area contributed by atoms with Gasteiger partial charge in [-0.25, -0.2) is 4.98 Å². The molecular formula is C15H13ClN2O3. The molecule has 0 saturated carbocycles. The normalized spacial score (nSPS) is 11.7. The molecule has 1 atom stereocenters. The number of rotatable bonds is 5. The van der Waals surface area contributed by atoms with Gasteiger partial charge in [-0.2, -0.15) is 0 Å². The molecule has 2 aromatic rings. The molecule has 0 bridgehead atoms. The number of benzene rings is 1. The Labute approximate surface area is 126 Å². The minimum Gasteiger partial charge on any atom is -0.481 e. The Morgan fingerprint density at radius 3 is 2.48 bits per heavy atom. The summed E-state index contributed by atoms with van der Waals surface area (Å²) in [7, 11) is 0. The number of aliphatic carboxylic acids is 1. The second-order valence-corrected chi connectivity index (χ2v) is 4.79. The lowest BCUT2D eigenvalue weighted by Crippen LogP contribution is -2.30. The number of hydrogen-bond donors (Lipinski definition) is 2. The lowest BCUT2D eigenvalue weighted by atomic mass is 10.0. The standard InChI is InChI=1S/C15H13ClN2O3/c16-13-7-6-11(9-17-13)15(21)18-12(8-14(19)20)10-4-2-1-3-5-10/h1-7,9,12H,8H2,(H,18,21)(H,19,20). The third-order valence-electron chi connectivity index (χ3n) is 2.88. The second-order valence-electron chi connectivity index (χ2n) is 4.40. The van der Waals surface area contributed by atoms with Gasteiger partial charge in [0.1, 0.15) is 5.15 Å². The van der Waals surface area contributed by atoms with Gasteiger partial charge in [-0.15, -0.1) is 0 Å². The molecule has 6 heteroatoms. The van der Waals surface area contributed by atoms with Crippen molar-refractivity contribution in [1.29, 1.82) is 0 Å². The fourth-order valence-corrected chi connectivity index (χ4v) is 1.98. The first-order valence-electron chi connectivity index (χ1n) is 6.25. The number of carboxylic acid groups (broad SMARTS) is 1. The topological polar surface area (TPSA) is 79.3 Å². The van der Waals surface area contributed by atoms with Crippen LogP contribution >= 0.6 is 11.6 Å². The van der Waals surface area contributed by atoms with E-state index >= 15 is 0 Å². The van der Waals surface area contributed by atoms with E-state index in [1.165, 1.54) is 18.3 Å². The van der Waals surface area contributed by atoms with Gasteiger partial charge >= 0.3 is 5.97 Å². The number of pyridine rings is 1. The predicted octanol–water partition coefficient (Wildman–Crippen LogP) is 2.68. The fourth-order valence-electron chi connectivity index (χ4n) is 1.86. The number of carbonyl (C=O) groups is 2. The molecule has 1 unspecified atom stereocenters. The Bertz CT molecular complexity index is 629. The molecule has 1 aromatic heterocycles. The van der Waals surface area contributed by atoms with E-state index in [0.717, 1.165) is 5.56 Å². The minimum atomic E-state index is -0.988. The largest absolute Gasteiger partial charge is 0.481 e. The third kappa shape index (κ3) is 4.29. The summed E-state index contributed by atoms with van der Waals surface area (Å²) in [5.41, 5.74) is 1.06. The summed E-state index contributed by atoms with van der Waals surface area (Å²) in [4.78, 5) is 26.9. The van der Waals surface area contributed by atoms with Crippen LogP contribution in [0, 0.1) is 0 Å². The van der Waals surface area contributed by atoms with Crippen molar-refractivity contribution in [2.75, 3.05) is 0 Å².